The smallest absolute Gasteiger partial charge is 0.0132 e. The van der Waals surface area contributed by atoms with Crippen LogP contribution in [0, 0.1) is 27.7 Å². The van der Waals surface area contributed by atoms with E-state index in [4.69, 9.17) is 0 Å². The molecule has 6 rings (SSSR count). The Morgan fingerprint density at radius 2 is 1.21 bits per heavy atom. The summed E-state index contributed by atoms with van der Waals surface area (Å²) in [6, 6.07) is 36.1. The maximum absolute atomic E-state index is 2.35. The molecule has 0 heterocycles. The molecule has 0 aliphatic rings. The molecule has 0 atom stereocenters. The van der Waals surface area contributed by atoms with E-state index in [9.17, 15) is 0 Å². The van der Waals surface area contributed by atoms with Crippen molar-refractivity contribution in [1.82, 2.24) is 0 Å². The number of hydrogen-bond acceptors (Lipinski definition) is 0. The molecule has 0 aromatic heterocycles. The number of benzene rings is 4. The molecule has 4 heteroatoms. The van der Waals surface area contributed by atoms with Crippen molar-refractivity contribution in [1.29, 1.82) is 0 Å². The summed E-state index contributed by atoms with van der Waals surface area (Å²) in [4.78, 5) is 0. The van der Waals surface area contributed by atoms with E-state index in [0.717, 1.165) is 0 Å². The predicted octanol–water partition coefficient (Wildman–Crippen LogP) is 6.90. The van der Waals surface area contributed by atoms with Gasteiger partial charge in [0.05, 0.1) is 0 Å². The Labute approximate surface area is 312 Å². The van der Waals surface area contributed by atoms with Gasteiger partial charge < -0.3 is 24.8 Å². The van der Waals surface area contributed by atoms with Crippen LogP contribution in [0.25, 0.3) is 43.8 Å². The van der Waals surface area contributed by atoms with E-state index in [2.05, 4.69) is 172 Å². The van der Waals surface area contributed by atoms with Gasteiger partial charge in [-0.1, -0.05) is 114 Å². The molecule has 0 N–H and O–H groups in total. The average Bonchev–Trinajstić information content (AvgIpc) is 3.59. The molecule has 6 aromatic carbocycles. The summed E-state index contributed by atoms with van der Waals surface area (Å²) in [5, 5.41) is 5.48. The van der Waals surface area contributed by atoms with Gasteiger partial charge in [0, 0.05) is 0 Å². The maximum atomic E-state index is 2.35. The fourth-order valence-electron chi connectivity index (χ4n) is 5.74. The van der Waals surface area contributed by atoms with Crippen LogP contribution in [-0.4, -0.2) is 5.43 Å². The molecule has 0 saturated heterocycles. The molecule has 0 radical (unpaired) electrons. The molecule has 246 valence electrons. The van der Waals surface area contributed by atoms with Crippen LogP contribution >= 0.6 is 0 Å². The zero-order valence-corrected chi connectivity index (χ0v) is 35.0. The van der Waals surface area contributed by atoms with Crippen molar-refractivity contribution in [2.75, 3.05) is 0 Å². The van der Waals surface area contributed by atoms with Crippen molar-refractivity contribution >= 4 is 27.0 Å². The van der Waals surface area contributed by atoms with E-state index in [1.807, 2.05) is 0 Å². The van der Waals surface area contributed by atoms with Gasteiger partial charge in [0.15, 0.2) is 0 Å². The topological polar surface area (TPSA) is 0 Å². The van der Waals surface area contributed by atoms with Crippen molar-refractivity contribution in [2.45, 2.75) is 86.7 Å². The minimum Gasteiger partial charge on any atom is -1.00 e. The largest absolute Gasteiger partial charge is 1.00 e. The van der Waals surface area contributed by atoms with Gasteiger partial charge >= 0.3 is 41.9 Å². The second-order valence-corrected chi connectivity index (χ2v) is 23.5. The average molecular weight is 757 g/mol. The monoisotopic (exact) mass is 754 g/mol. The van der Waals surface area contributed by atoms with Crippen molar-refractivity contribution in [2.24, 2.45) is 0 Å². The van der Waals surface area contributed by atoms with Crippen LogP contribution in [0.1, 0.15) is 73.9 Å². The maximum Gasteiger partial charge on any atom is -0.0132 e. The van der Waals surface area contributed by atoms with Gasteiger partial charge in [-0.05, 0) is 53.0 Å². The van der Waals surface area contributed by atoms with Gasteiger partial charge in [-0.25, -0.2) is 0 Å². The number of fused-ring (bicyclic) bond motifs is 2. The Morgan fingerprint density at radius 1 is 0.638 bits per heavy atom. The number of rotatable bonds is 3. The molecule has 0 saturated carbocycles. The van der Waals surface area contributed by atoms with Crippen molar-refractivity contribution in [3.8, 4) is 22.3 Å². The first-order valence-corrected chi connectivity index (χ1v) is 22.4. The summed E-state index contributed by atoms with van der Waals surface area (Å²) >= 11 is 1.74. The third-order valence-electron chi connectivity index (χ3n) is 8.57. The molecule has 0 spiro atoms. The van der Waals surface area contributed by atoms with Gasteiger partial charge in [0.1, 0.15) is 0 Å². The minimum absolute atomic E-state index is 0. The fourth-order valence-corrected chi connectivity index (χ4v) is 5.74. The van der Waals surface area contributed by atoms with Crippen molar-refractivity contribution in [3.05, 3.63) is 130 Å². The molecule has 0 bridgehead atoms. The Morgan fingerprint density at radius 3 is 1.79 bits per heavy atom. The number of hydrogen-bond donors (Lipinski definition) is 0. The summed E-state index contributed by atoms with van der Waals surface area (Å²) in [6.45, 7) is 24.6. The molecule has 0 aliphatic carbocycles. The molecule has 0 aliphatic heterocycles. The van der Waals surface area contributed by atoms with Crippen molar-refractivity contribution < 1.29 is 48.1 Å². The number of aryl methyl sites for hydroxylation is 4. The summed E-state index contributed by atoms with van der Waals surface area (Å²) in [5.74, 6) is 0.579. The summed E-state index contributed by atoms with van der Waals surface area (Å²) < 4.78 is 0. The first-order valence-electron chi connectivity index (χ1n) is 16.2. The molecule has 0 nitrogen and oxygen atoms in total. The molecule has 47 heavy (non-hydrogen) atoms. The Kier molecular flexibility index (Phi) is 15.2. The van der Waals surface area contributed by atoms with E-state index in [-0.39, 0.29) is 35.7 Å². The molecule has 0 unspecified atom stereocenters. The Balaban J connectivity index is 0.000000283. The zero-order chi connectivity index (χ0) is 33.1. The quantitative estimate of drug-likeness (QED) is 0.136. The van der Waals surface area contributed by atoms with Gasteiger partial charge in [0.2, 0.25) is 0 Å². The van der Waals surface area contributed by atoms with Gasteiger partial charge in [-0.2, -0.15) is 12.1 Å². The second kappa shape index (κ2) is 17.4. The molecule has 6 aromatic rings. The third kappa shape index (κ3) is 10.4. The first-order chi connectivity index (χ1) is 21.1. The fraction of sp³-hybridized carbons (Fsp3) is 0.302. The van der Waals surface area contributed by atoms with Crippen molar-refractivity contribution in [3.63, 3.8) is 0 Å². The van der Waals surface area contributed by atoms with Crippen LogP contribution in [0.15, 0.2) is 97.1 Å². The zero-order valence-electron chi connectivity index (χ0n) is 30.1. The second-order valence-electron chi connectivity index (χ2n) is 14.2. The van der Waals surface area contributed by atoms with E-state index in [0.29, 0.717) is 5.92 Å². The molecule has 0 fully saturated rings. The standard InChI is InChI=1S/C21H23.C20H21.C2H6Si.2ClH.Zr/c1-14-12-19-15(2)6-11-18(20(19)13-14)16-7-9-17(10-8-16)21(3,4)5;1-13(2)18-11-16-6-5-7-19(20(16)12-18)17-9-8-14(3)15(4)10-17;1-3-2;;;/h6-13H,1-5H3;5-13H,1-4H3;1-2H3;2*1H;/q2*-1;;;;+2/p-2. The SMILES string of the molecule is C[Si](C)=[Zr+2].Cc1cc2c(-c3ccc(C(C)(C)C)cc3)ccc(C)c2[cH-]1.Cc1ccc(-c2cccc3[cH-]c(C(C)C)cc23)cc1C.[Cl-].[Cl-]. The Hall–Kier alpha value is -2.22. The normalized spacial score (nSPS) is 10.9. The van der Waals surface area contributed by atoms with Gasteiger partial charge in [-0.15, -0.1) is 68.6 Å². The van der Waals surface area contributed by atoms with Crippen LogP contribution in [0.5, 0.6) is 0 Å². The Bertz CT molecular complexity index is 1930. The third-order valence-corrected chi connectivity index (χ3v) is 8.57. The van der Waals surface area contributed by atoms with Crippen LogP contribution in [0.4, 0.5) is 0 Å². The van der Waals surface area contributed by atoms with E-state index < -0.39 is 0 Å². The van der Waals surface area contributed by atoms with E-state index in [1.54, 1.807) is 23.3 Å². The minimum atomic E-state index is 0. The van der Waals surface area contributed by atoms with Crippen LogP contribution in [0.3, 0.4) is 0 Å². The van der Waals surface area contributed by atoms with Gasteiger partial charge in [-0.3, -0.25) is 0 Å². The summed E-state index contributed by atoms with van der Waals surface area (Å²) in [6.07, 6.45) is 0. The summed E-state index contributed by atoms with van der Waals surface area (Å²) in [7, 11) is 0. The summed E-state index contributed by atoms with van der Waals surface area (Å²) in [5.41, 5.74) is 13.9. The van der Waals surface area contributed by atoms with Crippen LogP contribution in [0.2, 0.25) is 13.1 Å². The van der Waals surface area contributed by atoms with Crippen LogP contribution in [-0.2, 0) is 28.8 Å². The van der Waals surface area contributed by atoms with E-state index in [1.165, 1.54) is 77.2 Å². The molecule has 0 amide bonds. The van der Waals surface area contributed by atoms with E-state index >= 15 is 0 Å². The van der Waals surface area contributed by atoms with Crippen LogP contribution < -0.4 is 24.8 Å². The predicted molar refractivity (Wildman–Crippen MR) is 199 cm³/mol. The molecular weight excluding hydrogens is 707 g/mol. The first kappa shape index (κ1) is 41.0. The number of halogens is 2. The molecular formula is C43H50Cl2SiZr-2. The van der Waals surface area contributed by atoms with Gasteiger partial charge in [0.25, 0.3) is 0 Å².